The molecule has 1 amide bonds. The molecule has 5 nitrogen and oxygen atoms in total. The number of carbonyl (C=O) groups is 2. The number of nitrogens with zero attached hydrogens (tertiary/aromatic N) is 1. The Balaban J connectivity index is 2.13. The molecule has 1 aliphatic rings. The highest BCUT2D eigenvalue weighted by Crippen LogP contribution is 2.34. The van der Waals surface area contributed by atoms with Gasteiger partial charge in [0.25, 0.3) is 0 Å². The van der Waals surface area contributed by atoms with E-state index in [1.807, 2.05) is 12.1 Å². The fourth-order valence-electron chi connectivity index (χ4n) is 2.80. The summed E-state index contributed by atoms with van der Waals surface area (Å²) in [6.07, 6.45) is 0.121. The van der Waals surface area contributed by atoms with Gasteiger partial charge in [0.05, 0.1) is 5.92 Å². The maximum atomic E-state index is 12.2. The third kappa shape index (κ3) is 4.61. The molecular formula is C17H22ClNO4. The number of rotatable bonds is 2. The molecular weight excluding hydrogens is 318 g/mol. The van der Waals surface area contributed by atoms with Crippen molar-refractivity contribution in [2.75, 3.05) is 13.1 Å². The summed E-state index contributed by atoms with van der Waals surface area (Å²) in [6.45, 7) is 6.00. The van der Waals surface area contributed by atoms with Crippen molar-refractivity contribution in [3.63, 3.8) is 0 Å². The predicted molar refractivity (Wildman–Crippen MR) is 87.7 cm³/mol. The first-order chi connectivity index (χ1) is 10.7. The predicted octanol–water partition coefficient (Wildman–Crippen LogP) is 3.77. The SMILES string of the molecule is CC(C)(C)OC(=O)N1CC[C@@H](c2ccc(Cl)cc2)[C@@H](C(=O)O)C1. The minimum Gasteiger partial charge on any atom is -0.481 e. The van der Waals surface area contributed by atoms with Gasteiger partial charge in [-0.15, -0.1) is 0 Å². The van der Waals surface area contributed by atoms with Crippen molar-refractivity contribution in [3.8, 4) is 0 Å². The zero-order valence-corrected chi connectivity index (χ0v) is 14.3. The van der Waals surface area contributed by atoms with Gasteiger partial charge in [0.15, 0.2) is 0 Å². The van der Waals surface area contributed by atoms with Crippen LogP contribution < -0.4 is 0 Å². The number of ether oxygens (including phenoxy) is 1. The molecule has 126 valence electrons. The molecule has 2 atom stereocenters. The van der Waals surface area contributed by atoms with Gasteiger partial charge in [-0.1, -0.05) is 23.7 Å². The molecule has 1 saturated heterocycles. The molecule has 1 aromatic carbocycles. The van der Waals surface area contributed by atoms with Gasteiger partial charge >= 0.3 is 12.1 Å². The molecule has 1 N–H and O–H groups in total. The van der Waals surface area contributed by atoms with Crippen LogP contribution in [-0.2, 0) is 9.53 Å². The van der Waals surface area contributed by atoms with Gasteiger partial charge in [0, 0.05) is 24.0 Å². The Hall–Kier alpha value is -1.75. The Kier molecular flexibility index (Phi) is 5.19. The van der Waals surface area contributed by atoms with E-state index in [0.29, 0.717) is 18.0 Å². The fraction of sp³-hybridized carbons (Fsp3) is 0.529. The summed E-state index contributed by atoms with van der Waals surface area (Å²) < 4.78 is 5.34. The zero-order valence-electron chi connectivity index (χ0n) is 13.6. The molecule has 0 aromatic heterocycles. The van der Waals surface area contributed by atoms with Gasteiger partial charge in [-0.3, -0.25) is 4.79 Å². The molecule has 1 aromatic rings. The number of amides is 1. The summed E-state index contributed by atoms with van der Waals surface area (Å²) in [6, 6.07) is 7.23. The van der Waals surface area contributed by atoms with Gasteiger partial charge in [-0.2, -0.15) is 0 Å². The number of carbonyl (C=O) groups excluding carboxylic acids is 1. The van der Waals surface area contributed by atoms with Crippen LogP contribution in [0.3, 0.4) is 0 Å². The van der Waals surface area contributed by atoms with Crippen LogP contribution >= 0.6 is 11.6 Å². The molecule has 1 aliphatic heterocycles. The lowest BCUT2D eigenvalue weighted by molar-refractivity contribution is -0.144. The average Bonchev–Trinajstić information content (AvgIpc) is 2.45. The Bertz CT molecular complexity index is 579. The van der Waals surface area contributed by atoms with Gasteiger partial charge in [-0.25, -0.2) is 4.79 Å². The van der Waals surface area contributed by atoms with Gasteiger partial charge < -0.3 is 14.7 Å². The minimum atomic E-state index is -0.904. The zero-order chi connectivity index (χ0) is 17.2. The highest BCUT2D eigenvalue weighted by atomic mass is 35.5. The summed E-state index contributed by atoms with van der Waals surface area (Å²) in [5.41, 5.74) is 0.341. The van der Waals surface area contributed by atoms with Crippen molar-refractivity contribution in [1.82, 2.24) is 4.90 Å². The highest BCUT2D eigenvalue weighted by Gasteiger charge is 2.38. The number of likely N-dealkylation sites (tertiary alicyclic amines) is 1. The van der Waals surface area contributed by atoms with Crippen molar-refractivity contribution in [1.29, 1.82) is 0 Å². The van der Waals surface area contributed by atoms with Gasteiger partial charge in [0.1, 0.15) is 5.60 Å². The fourth-order valence-corrected chi connectivity index (χ4v) is 2.93. The topological polar surface area (TPSA) is 66.8 Å². The van der Waals surface area contributed by atoms with Crippen molar-refractivity contribution >= 4 is 23.7 Å². The van der Waals surface area contributed by atoms with Crippen molar-refractivity contribution < 1.29 is 19.4 Å². The lowest BCUT2D eigenvalue weighted by Gasteiger charge is -2.37. The average molecular weight is 340 g/mol. The first-order valence-electron chi connectivity index (χ1n) is 7.63. The van der Waals surface area contributed by atoms with Gasteiger partial charge in [0.2, 0.25) is 0 Å². The second kappa shape index (κ2) is 6.79. The Morgan fingerprint density at radius 3 is 2.39 bits per heavy atom. The summed E-state index contributed by atoms with van der Waals surface area (Å²) in [5, 5.41) is 10.2. The normalized spacial score (nSPS) is 21.8. The molecule has 0 aliphatic carbocycles. The van der Waals surface area contributed by atoms with Crippen LogP contribution in [0.2, 0.25) is 5.02 Å². The Morgan fingerprint density at radius 2 is 1.87 bits per heavy atom. The molecule has 0 bridgehead atoms. The van der Waals surface area contributed by atoms with E-state index < -0.39 is 23.6 Å². The third-order valence-corrected chi connectivity index (χ3v) is 4.13. The number of piperidine rings is 1. The van der Waals surface area contributed by atoms with E-state index in [1.54, 1.807) is 32.9 Å². The van der Waals surface area contributed by atoms with E-state index in [9.17, 15) is 14.7 Å². The van der Waals surface area contributed by atoms with E-state index in [4.69, 9.17) is 16.3 Å². The Labute approximate surface area is 141 Å². The lowest BCUT2D eigenvalue weighted by atomic mass is 9.80. The quantitative estimate of drug-likeness (QED) is 0.890. The monoisotopic (exact) mass is 339 g/mol. The van der Waals surface area contributed by atoms with Crippen LogP contribution in [0.4, 0.5) is 4.79 Å². The molecule has 23 heavy (non-hydrogen) atoms. The lowest BCUT2D eigenvalue weighted by Crippen LogP contribution is -2.47. The molecule has 0 spiro atoms. The van der Waals surface area contributed by atoms with Gasteiger partial charge in [-0.05, 0) is 44.9 Å². The van der Waals surface area contributed by atoms with Crippen molar-refractivity contribution in [2.45, 2.75) is 38.7 Å². The van der Waals surface area contributed by atoms with E-state index >= 15 is 0 Å². The summed E-state index contributed by atoms with van der Waals surface area (Å²) >= 11 is 5.89. The minimum absolute atomic E-state index is 0.136. The number of hydrogen-bond donors (Lipinski definition) is 1. The second-order valence-electron chi connectivity index (χ2n) is 6.82. The maximum absolute atomic E-state index is 12.2. The standard InChI is InChI=1S/C17H22ClNO4/c1-17(2,3)23-16(22)19-9-8-13(14(10-19)15(20)21)11-4-6-12(18)7-5-11/h4-7,13-14H,8-10H2,1-3H3,(H,20,21)/t13-,14-/m0/s1. The first kappa shape index (κ1) is 17.6. The molecule has 2 rings (SSSR count). The number of hydrogen-bond acceptors (Lipinski definition) is 3. The number of aliphatic carboxylic acids is 1. The summed E-state index contributed by atoms with van der Waals surface area (Å²) in [5.74, 6) is -1.70. The van der Waals surface area contributed by atoms with E-state index in [-0.39, 0.29) is 12.5 Å². The smallest absolute Gasteiger partial charge is 0.410 e. The molecule has 1 fully saturated rings. The summed E-state index contributed by atoms with van der Waals surface area (Å²) in [7, 11) is 0. The number of halogens is 1. The van der Waals surface area contributed by atoms with Crippen LogP contribution in [0.1, 0.15) is 38.7 Å². The van der Waals surface area contributed by atoms with Crippen LogP contribution in [0.25, 0.3) is 0 Å². The third-order valence-electron chi connectivity index (χ3n) is 3.88. The number of benzene rings is 1. The maximum Gasteiger partial charge on any atom is 0.410 e. The van der Waals surface area contributed by atoms with Crippen molar-refractivity contribution in [2.24, 2.45) is 5.92 Å². The van der Waals surface area contributed by atoms with Crippen LogP contribution in [0.15, 0.2) is 24.3 Å². The highest BCUT2D eigenvalue weighted by molar-refractivity contribution is 6.30. The molecule has 0 radical (unpaired) electrons. The first-order valence-corrected chi connectivity index (χ1v) is 8.01. The van der Waals surface area contributed by atoms with E-state index in [2.05, 4.69) is 0 Å². The van der Waals surface area contributed by atoms with Crippen LogP contribution in [0.5, 0.6) is 0 Å². The summed E-state index contributed by atoms with van der Waals surface area (Å²) in [4.78, 5) is 25.3. The molecule has 6 heteroatoms. The largest absolute Gasteiger partial charge is 0.481 e. The van der Waals surface area contributed by atoms with E-state index in [1.165, 1.54) is 4.90 Å². The number of carboxylic acids is 1. The molecule has 0 unspecified atom stereocenters. The van der Waals surface area contributed by atoms with Crippen molar-refractivity contribution in [3.05, 3.63) is 34.9 Å². The second-order valence-corrected chi connectivity index (χ2v) is 7.25. The molecule has 1 heterocycles. The molecule has 0 saturated carbocycles. The van der Waals surface area contributed by atoms with E-state index in [0.717, 1.165) is 5.56 Å². The van der Waals surface area contributed by atoms with Crippen LogP contribution in [0, 0.1) is 5.92 Å². The Morgan fingerprint density at radius 1 is 1.26 bits per heavy atom. The number of carboxylic acid groups (broad SMARTS) is 1. The van der Waals surface area contributed by atoms with Crippen LogP contribution in [-0.4, -0.2) is 40.8 Å².